The summed E-state index contributed by atoms with van der Waals surface area (Å²) >= 11 is 5.90. The molecule has 0 atom stereocenters. The largest absolute Gasteiger partial charge is 0.494 e. The fourth-order valence-corrected chi connectivity index (χ4v) is 1.56. The lowest BCUT2D eigenvalue weighted by molar-refractivity contribution is 0.111. The van der Waals surface area contributed by atoms with Crippen molar-refractivity contribution in [2.45, 2.75) is 0 Å². The van der Waals surface area contributed by atoms with Crippen LogP contribution in [0.25, 0.3) is 10.9 Å². The Balaban J connectivity index is 2.85. The molecule has 76 valence electrons. The van der Waals surface area contributed by atoms with E-state index in [1.165, 1.54) is 7.11 Å². The summed E-state index contributed by atoms with van der Waals surface area (Å²) in [6, 6.07) is 5.31. The van der Waals surface area contributed by atoms with Crippen molar-refractivity contribution in [2.24, 2.45) is 0 Å². The molecule has 2 rings (SSSR count). The minimum atomic E-state index is 0.0528. The molecule has 15 heavy (non-hydrogen) atoms. The van der Waals surface area contributed by atoms with E-state index >= 15 is 0 Å². The molecule has 0 bridgehead atoms. The Hall–Kier alpha value is -1.68. The number of aromatic nitrogens is 2. The van der Waals surface area contributed by atoms with Crippen LogP contribution in [0, 0.1) is 0 Å². The number of carbonyl (C=O) groups excluding carboxylic acids is 1. The van der Waals surface area contributed by atoms with Crippen molar-refractivity contribution >= 4 is 28.8 Å². The first-order chi connectivity index (χ1) is 7.26. The number of benzene rings is 1. The Morgan fingerprint density at radius 2 is 2.20 bits per heavy atom. The van der Waals surface area contributed by atoms with Gasteiger partial charge in [0.1, 0.15) is 16.4 Å². The van der Waals surface area contributed by atoms with E-state index in [2.05, 4.69) is 9.97 Å². The molecule has 0 aliphatic heterocycles. The summed E-state index contributed by atoms with van der Waals surface area (Å²) in [5.74, 6) is 0.622. The molecule has 0 aliphatic carbocycles. The van der Waals surface area contributed by atoms with E-state index in [9.17, 15) is 4.79 Å². The number of carbonyl (C=O) groups is 1. The zero-order valence-corrected chi connectivity index (χ0v) is 8.65. The van der Waals surface area contributed by atoms with Crippen LogP contribution in [-0.4, -0.2) is 23.4 Å². The maximum atomic E-state index is 10.6. The molecule has 1 aromatic carbocycles. The monoisotopic (exact) mass is 222 g/mol. The van der Waals surface area contributed by atoms with Crippen LogP contribution < -0.4 is 4.74 Å². The van der Waals surface area contributed by atoms with Gasteiger partial charge in [-0.2, -0.15) is 0 Å². The van der Waals surface area contributed by atoms with Crippen molar-refractivity contribution in [1.82, 2.24) is 9.97 Å². The summed E-state index contributed by atoms with van der Waals surface area (Å²) in [6.07, 6.45) is 0.553. The molecular weight excluding hydrogens is 216 g/mol. The van der Waals surface area contributed by atoms with Crippen molar-refractivity contribution < 1.29 is 9.53 Å². The van der Waals surface area contributed by atoms with Crippen LogP contribution in [0.3, 0.4) is 0 Å². The lowest BCUT2D eigenvalue weighted by Crippen LogP contribution is -1.96. The number of ether oxygens (including phenoxy) is 1. The van der Waals surface area contributed by atoms with Crippen LogP contribution in [-0.2, 0) is 0 Å². The first-order valence-electron chi connectivity index (χ1n) is 4.21. The molecule has 0 unspecified atom stereocenters. The quantitative estimate of drug-likeness (QED) is 0.577. The maximum Gasteiger partial charge on any atom is 0.194 e. The number of methoxy groups -OCH3 is 1. The smallest absolute Gasteiger partial charge is 0.194 e. The van der Waals surface area contributed by atoms with Crippen molar-refractivity contribution in [1.29, 1.82) is 0 Å². The van der Waals surface area contributed by atoms with Gasteiger partial charge in [0.05, 0.1) is 7.11 Å². The van der Waals surface area contributed by atoms with Gasteiger partial charge in [-0.15, -0.1) is 0 Å². The molecule has 0 amide bonds. The third-order valence-electron chi connectivity index (χ3n) is 1.99. The van der Waals surface area contributed by atoms with E-state index in [0.29, 0.717) is 22.9 Å². The Morgan fingerprint density at radius 3 is 2.87 bits per heavy atom. The fraction of sp³-hybridized carbons (Fsp3) is 0.100. The van der Waals surface area contributed by atoms with Gasteiger partial charge in [-0.25, -0.2) is 9.97 Å². The summed E-state index contributed by atoms with van der Waals surface area (Å²) in [5, 5.41) is 0.919. The van der Waals surface area contributed by atoms with E-state index in [4.69, 9.17) is 16.3 Å². The van der Waals surface area contributed by atoms with Gasteiger partial charge < -0.3 is 4.74 Å². The first kappa shape index (κ1) is 9.86. The van der Waals surface area contributed by atoms with E-state index in [0.717, 1.165) is 0 Å². The van der Waals surface area contributed by atoms with Crippen LogP contribution >= 0.6 is 11.6 Å². The van der Waals surface area contributed by atoms with Gasteiger partial charge in [0.25, 0.3) is 0 Å². The van der Waals surface area contributed by atoms with Crippen molar-refractivity contribution in [2.75, 3.05) is 7.11 Å². The standard InChI is InChI=1S/C10H7ClN2O2/c1-15-7-4-2-3-6-9(7)12-8(5-14)13-10(6)11/h2-5H,1H3. The highest BCUT2D eigenvalue weighted by atomic mass is 35.5. The number of halogens is 1. The van der Waals surface area contributed by atoms with Gasteiger partial charge in [0.2, 0.25) is 0 Å². The predicted octanol–water partition coefficient (Wildman–Crippen LogP) is 2.10. The van der Waals surface area contributed by atoms with Crippen LogP contribution in [0.5, 0.6) is 5.75 Å². The number of aldehydes is 1. The molecule has 0 fully saturated rings. The molecule has 0 aliphatic rings. The molecule has 2 aromatic rings. The average molecular weight is 223 g/mol. The number of nitrogens with zero attached hydrogens (tertiary/aromatic N) is 2. The van der Waals surface area contributed by atoms with Gasteiger partial charge in [-0.1, -0.05) is 17.7 Å². The predicted molar refractivity (Wildman–Crippen MR) is 56.5 cm³/mol. The molecule has 5 heteroatoms. The molecular formula is C10H7ClN2O2. The zero-order chi connectivity index (χ0) is 10.8. The average Bonchev–Trinajstić information content (AvgIpc) is 2.28. The van der Waals surface area contributed by atoms with Gasteiger partial charge in [-0.05, 0) is 12.1 Å². The minimum absolute atomic E-state index is 0.0528. The molecule has 0 N–H and O–H groups in total. The fourth-order valence-electron chi connectivity index (χ4n) is 1.32. The minimum Gasteiger partial charge on any atom is -0.494 e. The Bertz CT molecular complexity index is 528. The van der Waals surface area contributed by atoms with Gasteiger partial charge in [-0.3, -0.25) is 4.79 Å². The molecule has 0 saturated heterocycles. The first-order valence-corrected chi connectivity index (χ1v) is 4.59. The SMILES string of the molecule is COc1cccc2c(Cl)nc(C=O)nc12. The molecule has 1 heterocycles. The second kappa shape index (κ2) is 3.82. The van der Waals surface area contributed by atoms with Crippen molar-refractivity contribution in [3.63, 3.8) is 0 Å². The highest BCUT2D eigenvalue weighted by molar-refractivity contribution is 6.34. The second-order valence-electron chi connectivity index (χ2n) is 2.85. The number of para-hydroxylation sites is 1. The Morgan fingerprint density at radius 1 is 1.40 bits per heavy atom. The molecule has 1 aromatic heterocycles. The number of rotatable bonds is 2. The van der Waals surface area contributed by atoms with Crippen LogP contribution in [0.2, 0.25) is 5.15 Å². The summed E-state index contributed by atoms with van der Waals surface area (Å²) in [5.41, 5.74) is 0.544. The third-order valence-corrected chi connectivity index (χ3v) is 2.27. The van der Waals surface area contributed by atoms with E-state index in [-0.39, 0.29) is 11.0 Å². The number of hydrogen-bond donors (Lipinski definition) is 0. The second-order valence-corrected chi connectivity index (χ2v) is 3.20. The van der Waals surface area contributed by atoms with Crippen LogP contribution in [0.1, 0.15) is 10.6 Å². The lowest BCUT2D eigenvalue weighted by atomic mass is 10.2. The highest BCUT2D eigenvalue weighted by Gasteiger charge is 2.08. The Labute approximate surface area is 90.9 Å². The summed E-state index contributed by atoms with van der Waals surface area (Å²) in [4.78, 5) is 18.4. The van der Waals surface area contributed by atoms with E-state index in [1.807, 2.05) is 0 Å². The van der Waals surface area contributed by atoms with Crippen LogP contribution in [0.15, 0.2) is 18.2 Å². The number of hydrogen-bond acceptors (Lipinski definition) is 4. The van der Waals surface area contributed by atoms with Gasteiger partial charge in [0, 0.05) is 5.39 Å². The number of fused-ring (bicyclic) bond motifs is 1. The third kappa shape index (κ3) is 1.64. The summed E-state index contributed by atoms with van der Waals surface area (Å²) in [7, 11) is 1.53. The van der Waals surface area contributed by atoms with E-state index in [1.54, 1.807) is 18.2 Å². The lowest BCUT2D eigenvalue weighted by Gasteiger charge is -2.05. The molecule has 4 nitrogen and oxygen atoms in total. The molecule has 0 saturated carbocycles. The van der Waals surface area contributed by atoms with E-state index < -0.39 is 0 Å². The summed E-state index contributed by atoms with van der Waals surface area (Å²) in [6.45, 7) is 0. The van der Waals surface area contributed by atoms with Crippen LogP contribution in [0.4, 0.5) is 0 Å². The van der Waals surface area contributed by atoms with Gasteiger partial charge in [0.15, 0.2) is 12.1 Å². The maximum absolute atomic E-state index is 10.6. The normalized spacial score (nSPS) is 10.3. The topological polar surface area (TPSA) is 52.1 Å². The zero-order valence-electron chi connectivity index (χ0n) is 7.90. The molecule has 0 spiro atoms. The van der Waals surface area contributed by atoms with Crippen molar-refractivity contribution in [3.05, 3.63) is 29.2 Å². The Kier molecular flexibility index (Phi) is 2.51. The van der Waals surface area contributed by atoms with Gasteiger partial charge >= 0.3 is 0 Å². The molecule has 0 radical (unpaired) electrons. The van der Waals surface area contributed by atoms with Crippen molar-refractivity contribution in [3.8, 4) is 5.75 Å². The highest BCUT2D eigenvalue weighted by Crippen LogP contribution is 2.27. The summed E-state index contributed by atoms with van der Waals surface area (Å²) < 4.78 is 5.12.